The van der Waals surface area contributed by atoms with E-state index in [9.17, 15) is 0 Å². The second-order valence-electron chi connectivity index (χ2n) is 5.75. The number of thiophene rings is 1. The van der Waals surface area contributed by atoms with Gasteiger partial charge in [0, 0.05) is 0 Å². The molecular formula is C18H16N4O3S2. The van der Waals surface area contributed by atoms with Gasteiger partial charge in [-0.1, -0.05) is 30.0 Å². The molecule has 9 heteroatoms. The maximum Gasteiger partial charge on any atom is 0.277 e. The largest absolute Gasteiger partial charge is 0.484 e. The number of ether oxygens (including phenoxy) is 1. The average Bonchev–Trinajstić information content (AvgIpc) is 3.40. The number of nitrogens with zero attached hydrogens (tertiary/aromatic N) is 4. The molecule has 0 N–H and O–H groups in total. The Morgan fingerprint density at radius 1 is 1.11 bits per heavy atom. The average molecular weight is 400 g/mol. The summed E-state index contributed by atoms with van der Waals surface area (Å²) in [5, 5.41) is 18.6. The van der Waals surface area contributed by atoms with E-state index in [0.29, 0.717) is 22.9 Å². The van der Waals surface area contributed by atoms with Gasteiger partial charge in [0.2, 0.25) is 5.89 Å². The zero-order chi connectivity index (χ0) is 18.6. The Balaban J connectivity index is 1.36. The molecule has 3 aromatic heterocycles. The lowest BCUT2D eigenvalue weighted by Gasteiger charge is -2.03. The highest BCUT2D eigenvalue weighted by molar-refractivity contribution is 7.99. The van der Waals surface area contributed by atoms with E-state index >= 15 is 0 Å². The number of thioether (sulfide) groups is 1. The van der Waals surface area contributed by atoms with Gasteiger partial charge in [0.25, 0.3) is 17.0 Å². The first-order chi connectivity index (χ1) is 13.2. The molecule has 0 saturated carbocycles. The van der Waals surface area contributed by atoms with Crippen molar-refractivity contribution in [3.05, 3.63) is 59.1 Å². The van der Waals surface area contributed by atoms with E-state index in [1.54, 1.807) is 11.3 Å². The Hall–Kier alpha value is -2.65. The van der Waals surface area contributed by atoms with Crippen LogP contribution < -0.4 is 4.74 Å². The maximum atomic E-state index is 5.74. The van der Waals surface area contributed by atoms with Gasteiger partial charge in [0.1, 0.15) is 5.75 Å². The highest BCUT2D eigenvalue weighted by atomic mass is 32.2. The zero-order valence-corrected chi connectivity index (χ0v) is 16.3. The van der Waals surface area contributed by atoms with Crippen LogP contribution in [-0.2, 0) is 6.61 Å². The second-order valence-corrected chi connectivity index (χ2v) is 7.99. The van der Waals surface area contributed by atoms with Gasteiger partial charge in [-0.3, -0.25) is 0 Å². The minimum Gasteiger partial charge on any atom is -0.484 e. The van der Waals surface area contributed by atoms with Gasteiger partial charge in [-0.2, -0.15) is 0 Å². The van der Waals surface area contributed by atoms with E-state index in [-0.39, 0.29) is 11.9 Å². The van der Waals surface area contributed by atoms with Crippen LogP contribution >= 0.6 is 23.1 Å². The van der Waals surface area contributed by atoms with Gasteiger partial charge in [0.15, 0.2) is 6.61 Å². The van der Waals surface area contributed by atoms with Crippen molar-refractivity contribution in [1.82, 2.24) is 20.4 Å². The Morgan fingerprint density at radius 3 is 2.85 bits per heavy atom. The van der Waals surface area contributed by atoms with Gasteiger partial charge >= 0.3 is 0 Å². The summed E-state index contributed by atoms with van der Waals surface area (Å²) in [6, 6.07) is 11.7. The maximum absolute atomic E-state index is 5.74. The summed E-state index contributed by atoms with van der Waals surface area (Å²) in [5.74, 6) is 2.21. The number of hydrogen-bond donors (Lipinski definition) is 0. The quantitative estimate of drug-likeness (QED) is 0.404. The van der Waals surface area contributed by atoms with Crippen LogP contribution in [0.2, 0.25) is 0 Å². The molecule has 1 atom stereocenters. The predicted molar refractivity (Wildman–Crippen MR) is 102 cm³/mol. The molecular weight excluding hydrogens is 384 g/mol. The third-order valence-corrected chi connectivity index (χ3v) is 5.38. The van der Waals surface area contributed by atoms with E-state index in [1.807, 2.05) is 55.6 Å². The van der Waals surface area contributed by atoms with Crippen molar-refractivity contribution in [2.24, 2.45) is 0 Å². The lowest BCUT2D eigenvalue weighted by atomic mass is 10.2. The van der Waals surface area contributed by atoms with Gasteiger partial charge in [-0.25, -0.2) is 0 Å². The van der Waals surface area contributed by atoms with Crippen LogP contribution in [0.3, 0.4) is 0 Å². The second kappa shape index (κ2) is 7.93. The minimum atomic E-state index is -0.114. The molecule has 138 valence electrons. The Bertz CT molecular complexity index is 1010. The Labute approximate surface area is 163 Å². The van der Waals surface area contributed by atoms with Crippen molar-refractivity contribution in [2.45, 2.75) is 30.9 Å². The third-order valence-electron chi connectivity index (χ3n) is 3.60. The van der Waals surface area contributed by atoms with E-state index in [4.69, 9.17) is 13.6 Å². The minimum absolute atomic E-state index is 0.114. The van der Waals surface area contributed by atoms with Crippen LogP contribution in [0.5, 0.6) is 5.75 Å². The standard InChI is InChI=1S/C18H16N4O3S2/c1-11-5-3-6-13(9-11)23-10-15-19-22-18(24-15)27-12(2)16-20-21-17(25-16)14-7-4-8-26-14/h3-9,12H,10H2,1-2H3. The van der Waals surface area contributed by atoms with Crippen LogP contribution in [0.4, 0.5) is 0 Å². The van der Waals surface area contributed by atoms with Crippen molar-refractivity contribution in [1.29, 1.82) is 0 Å². The van der Waals surface area contributed by atoms with Crippen LogP contribution in [-0.4, -0.2) is 20.4 Å². The first kappa shape index (κ1) is 17.7. The normalized spacial score (nSPS) is 12.2. The van der Waals surface area contributed by atoms with Gasteiger partial charge < -0.3 is 13.6 Å². The fourth-order valence-corrected chi connectivity index (χ4v) is 3.67. The van der Waals surface area contributed by atoms with Gasteiger partial charge in [-0.15, -0.1) is 31.7 Å². The molecule has 7 nitrogen and oxygen atoms in total. The van der Waals surface area contributed by atoms with Crippen molar-refractivity contribution >= 4 is 23.1 Å². The van der Waals surface area contributed by atoms with Crippen LogP contribution in [0, 0.1) is 6.92 Å². The van der Waals surface area contributed by atoms with Crippen molar-refractivity contribution in [3.8, 4) is 16.5 Å². The number of aromatic nitrogens is 4. The smallest absolute Gasteiger partial charge is 0.277 e. The molecule has 0 saturated heterocycles. The first-order valence-electron chi connectivity index (χ1n) is 8.23. The molecule has 4 aromatic rings. The zero-order valence-electron chi connectivity index (χ0n) is 14.7. The summed E-state index contributed by atoms with van der Waals surface area (Å²) in [6.07, 6.45) is 0. The Morgan fingerprint density at radius 2 is 2.04 bits per heavy atom. The highest BCUT2D eigenvalue weighted by Crippen LogP contribution is 2.35. The summed E-state index contributed by atoms with van der Waals surface area (Å²) in [7, 11) is 0. The number of aryl methyl sites for hydroxylation is 1. The summed E-state index contributed by atoms with van der Waals surface area (Å²) in [5.41, 5.74) is 1.13. The van der Waals surface area contributed by atoms with E-state index < -0.39 is 0 Å². The topological polar surface area (TPSA) is 87.1 Å². The predicted octanol–water partition coefficient (Wildman–Crippen LogP) is 4.92. The molecule has 1 unspecified atom stereocenters. The number of rotatable bonds is 7. The Kier molecular flexibility index (Phi) is 5.21. The fraction of sp³-hybridized carbons (Fsp3) is 0.222. The third kappa shape index (κ3) is 4.37. The molecule has 0 radical (unpaired) electrons. The molecule has 0 aliphatic heterocycles. The SMILES string of the molecule is Cc1cccc(OCc2nnc(SC(C)c3nnc(-c4cccs4)o3)o2)c1. The van der Waals surface area contributed by atoms with Crippen LogP contribution in [0.25, 0.3) is 10.8 Å². The van der Waals surface area contributed by atoms with E-state index in [0.717, 1.165) is 16.2 Å². The van der Waals surface area contributed by atoms with Crippen molar-refractivity contribution in [3.63, 3.8) is 0 Å². The molecule has 0 amide bonds. The molecule has 0 spiro atoms. The van der Waals surface area contributed by atoms with Crippen molar-refractivity contribution < 1.29 is 13.6 Å². The van der Waals surface area contributed by atoms with Crippen LogP contribution in [0.1, 0.15) is 29.5 Å². The van der Waals surface area contributed by atoms with Gasteiger partial charge in [0.05, 0.1) is 10.1 Å². The monoisotopic (exact) mass is 400 g/mol. The summed E-state index contributed by atoms with van der Waals surface area (Å²) in [4.78, 5) is 0.944. The molecule has 0 fully saturated rings. The molecule has 0 aliphatic rings. The molecule has 4 rings (SSSR count). The molecule has 0 aliphatic carbocycles. The molecule has 0 bridgehead atoms. The van der Waals surface area contributed by atoms with E-state index in [2.05, 4.69) is 20.4 Å². The summed E-state index contributed by atoms with van der Waals surface area (Å²) >= 11 is 2.92. The summed E-state index contributed by atoms with van der Waals surface area (Å²) < 4.78 is 17.0. The first-order valence-corrected chi connectivity index (χ1v) is 9.99. The van der Waals surface area contributed by atoms with Gasteiger partial charge in [-0.05, 0) is 43.0 Å². The van der Waals surface area contributed by atoms with Crippen molar-refractivity contribution in [2.75, 3.05) is 0 Å². The molecule has 3 heterocycles. The van der Waals surface area contributed by atoms with E-state index in [1.165, 1.54) is 11.8 Å². The van der Waals surface area contributed by atoms with Crippen LogP contribution in [0.15, 0.2) is 55.8 Å². The summed E-state index contributed by atoms with van der Waals surface area (Å²) in [6.45, 7) is 4.18. The molecule has 27 heavy (non-hydrogen) atoms. The highest BCUT2D eigenvalue weighted by Gasteiger charge is 2.20. The lowest BCUT2D eigenvalue weighted by Crippen LogP contribution is -1.95. The fourth-order valence-electron chi connectivity index (χ4n) is 2.29. The number of benzene rings is 1. The lowest BCUT2D eigenvalue weighted by molar-refractivity contribution is 0.252. The number of hydrogen-bond acceptors (Lipinski definition) is 9. The molecule has 1 aromatic carbocycles.